The molecule has 3 unspecified atom stereocenters. The first-order chi connectivity index (χ1) is 14.3. The molecule has 1 aliphatic rings. The lowest BCUT2D eigenvalue weighted by Crippen LogP contribution is -2.50. The Labute approximate surface area is 175 Å². The topological polar surface area (TPSA) is 116 Å². The Bertz CT molecular complexity index is 820. The number of nitrogens with one attached hydrogen (secondary N) is 2. The molecule has 0 saturated heterocycles. The van der Waals surface area contributed by atoms with E-state index < -0.39 is 29.9 Å². The molecule has 1 aromatic heterocycles. The van der Waals surface area contributed by atoms with E-state index in [-0.39, 0.29) is 5.92 Å². The lowest BCUT2D eigenvalue weighted by atomic mass is 9.83. The minimum atomic E-state index is -0.631. The second kappa shape index (κ2) is 9.60. The summed E-state index contributed by atoms with van der Waals surface area (Å²) in [6, 6.07) is 9.12. The molecule has 3 rings (SSSR count). The van der Waals surface area contributed by atoms with E-state index in [1.165, 1.54) is 6.39 Å². The highest BCUT2D eigenvalue weighted by molar-refractivity contribution is 5.69. The zero-order chi connectivity index (χ0) is 21.6. The van der Waals surface area contributed by atoms with Crippen LogP contribution in [0.1, 0.15) is 57.4 Å². The Kier molecular flexibility index (Phi) is 6.91. The molecule has 0 radical (unpaired) electrons. The molecule has 1 aliphatic carbocycles. The van der Waals surface area contributed by atoms with Crippen LogP contribution in [0.2, 0.25) is 0 Å². The van der Waals surface area contributed by atoms with E-state index in [4.69, 9.17) is 13.9 Å². The van der Waals surface area contributed by atoms with Crippen LogP contribution in [0.4, 0.5) is 9.59 Å². The number of ether oxygens (including phenoxy) is 2. The second-order valence-corrected chi connectivity index (χ2v) is 8.32. The maximum absolute atomic E-state index is 12.3. The molecule has 2 N–H and O–H groups in total. The van der Waals surface area contributed by atoms with Crippen LogP contribution < -0.4 is 10.6 Å². The summed E-state index contributed by atoms with van der Waals surface area (Å²) in [6.45, 7) is 5.74. The minimum Gasteiger partial charge on any atom is -0.444 e. The average molecular weight is 416 g/mol. The molecule has 9 heteroatoms. The number of carbonyl (C=O) groups excluding carboxylic acids is 2. The predicted octanol–water partition coefficient (Wildman–Crippen LogP) is 3.53. The van der Waals surface area contributed by atoms with Gasteiger partial charge in [0, 0.05) is 12.5 Å². The fraction of sp³-hybridized carbons (Fsp3) is 0.524. The highest BCUT2D eigenvalue weighted by atomic mass is 16.6. The van der Waals surface area contributed by atoms with Crippen LogP contribution in [-0.4, -0.2) is 40.1 Å². The number of aromatic nitrogens is 2. The third-order valence-electron chi connectivity index (χ3n) is 4.75. The van der Waals surface area contributed by atoms with E-state index >= 15 is 0 Å². The van der Waals surface area contributed by atoms with Crippen molar-refractivity contribution in [2.24, 2.45) is 0 Å². The maximum atomic E-state index is 12.3. The second-order valence-electron chi connectivity index (χ2n) is 8.32. The third-order valence-corrected chi connectivity index (χ3v) is 4.75. The van der Waals surface area contributed by atoms with Gasteiger partial charge in [-0.25, -0.2) is 9.59 Å². The molecular weight excluding hydrogens is 388 g/mol. The summed E-state index contributed by atoms with van der Waals surface area (Å²) in [5.41, 5.74) is 0.339. The zero-order valence-electron chi connectivity index (χ0n) is 17.5. The molecule has 0 spiro atoms. The van der Waals surface area contributed by atoms with Crippen LogP contribution in [-0.2, 0) is 16.0 Å². The number of nitrogens with zero attached hydrogens (tertiary/aromatic N) is 2. The van der Waals surface area contributed by atoms with Crippen molar-refractivity contribution in [1.82, 2.24) is 20.8 Å². The molecule has 2 aromatic rings. The van der Waals surface area contributed by atoms with Gasteiger partial charge in [-0.05, 0) is 45.6 Å². The molecule has 30 heavy (non-hydrogen) atoms. The van der Waals surface area contributed by atoms with E-state index in [1.54, 1.807) is 20.8 Å². The fourth-order valence-corrected chi connectivity index (χ4v) is 3.43. The van der Waals surface area contributed by atoms with E-state index in [0.717, 1.165) is 5.56 Å². The summed E-state index contributed by atoms with van der Waals surface area (Å²) in [4.78, 5) is 24.7. The number of carbonyl (C=O) groups is 2. The number of hydrogen-bond donors (Lipinski definition) is 2. The summed E-state index contributed by atoms with van der Waals surface area (Å²) >= 11 is 0. The van der Waals surface area contributed by atoms with E-state index in [0.29, 0.717) is 31.7 Å². The van der Waals surface area contributed by atoms with Crippen molar-refractivity contribution in [1.29, 1.82) is 0 Å². The Balaban J connectivity index is 1.61. The van der Waals surface area contributed by atoms with Crippen LogP contribution in [0.5, 0.6) is 0 Å². The van der Waals surface area contributed by atoms with Crippen LogP contribution in [0, 0.1) is 0 Å². The van der Waals surface area contributed by atoms with E-state index in [1.807, 2.05) is 30.3 Å². The van der Waals surface area contributed by atoms with E-state index in [2.05, 4.69) is 20.8 Å². The largest absolute Gasteiger partial charge is 0.444 e. The van der Waals surface area contributed by atoms with Crippen molar-refractivity contribution in [2.45, 2.75) is 70.2 Å². The van der Waals surface area contributed by atoms with Gasteiger partial charge in [-0.15, -0.1) is 10.2 Å². The molecule has 1 heterocycles. The molecular formula is C21H28N4O5. The maximum Gasteiger partial charge on any atom is 0.408 e. The Morgan fingerprint density at radius 3 is 2.60 bits per heavy atom. The van der Waals surface area contributed by atoms with Crippen molar-refractivity contribution in [3.8, 4) is 0 Å². The number of rotatable bonds is 5. The normalized spacial score (nSPS) is 21.5. The quantitative estimate of drug-likeness (QED) is 0.766. The first-order valence-corrected chi connectivity index (χ1v) is 10.0. The lowest BCUT2D eigenvalue weighted by molar-refractivity contribution is 0.0238. The van der Waals surface area contributed by atoms with Crippen LogP contribution >= 0.6 is 0 Å². The third kappa shape index (κ3) is 6.47. The summed E-state index contributed by atoms with van der Waals surface area (Å²) in [5.74, 6) is 0.484. The predicted molar refractivity (Wildman–Crippen MR) is 108 cm³/mol. The van der Waals surface area contributed by atoms with Crippen molar-refractivity contribution in [3.63, 3.8) is 0 Å². The van der Waals surface area contributed by atoms with Crippen LogP contribution in [0.15, 0.2) is 41.1 Å². The molecule has 3 atom stereocenters. The monoisotopic (exact) mass is 416 g/mol. The van der Waals surface area contributed by atoms with Gasteiger partial charge in [0.1, 0.15) is 11.7 Å². The molecule has 162 valence electrons. The summed E-state index contributed by atoms with van der Waals surface area (Å²) in [7, 11) is 0. The summed E-state index contributed by atoms with van der Waals surface area (Å²) < 4.78 is 16.3. The van der Waals surface area contributed by atoms with E-state index in [9.17, 15) is 9.59 Å². The molecule has 0 aliphatic heterocycles. The number of amides is 2. The summed E-state index contributed by atoms with van der Waals surface area (Å²) in [6.07, 6.45) is 1.45. The highest BCUT2D eigenvalue weighted by Crippen LogP contribution is 2.33. The summed E-state index contributed by atoms with van der Waals surface area (Å²) in [5, 5.41) is 13.3. The van der Waals surface area contributed by atoms with Crippen molar-refractivity contribution in [2.75, 3.05) is 0 Å². The molecule has 2 amide bonds. The molecule has 1 fully saturated rings. The zero-order valence-corrected chi connectivity index (χ0v) is 17.5. The lowest BCUT2D eigenvalue weighted by Gasteiger charge is -2.35. The van der Waals surface area contributed by atoms with Crippen LogP contribution in [0.25, 0.3) is 0 Å². The Hall–Kier alpha value is -3.10. The smallest absolute Gasteiger partial charge is 0.408 e. The van der Waals surface area contributed by atoms with Crippen molar-refractivity contribution in [3.05, 3.63) is 48.2 Å². The van der Waals surface area contributed by atoms with Gasteiger partial charge in [0.15, 0.2) is 0 Å². The Morgan fingerprint density at radius 1 is 1.17 bits per heavy atom. The van der Waals surface area contributed by atoms with Gasteiger partial charge in [-0.1, -0.05) is 30.3 Å². The van der Waals surface area contributed by atoms with Crippen molar-refractivity contribution >= 4 is 12.2 Å². The van der Waals surface area contributed by atoms with Gasteiger partial charge in [0.2, 0.25) is 12.3 Å². The minimum absolute atomic E-state index is 0.0281. The Morgan fingerprint density at radius 2 is 1.93 bits per heavy atom. The van der Waals surface area contributed by atoms with Crippen molar-refractivity contribution < 1.29 is 23.5 Å². The first kappa shape index (κ1) is 21.6. The van der Waals surface area contributed by atoms with Gasteiger partial charge in [-0.2, -0.15) is 0 Å². The van der Waals surface area contributed by atoms with Gasteiger partial charge in [0.05, 0.1) is 6.04 Å². The molecule has 1 saturated carbocycles. The highest BCUT2D eigenvalue weighted by Gasteiger charge is 2.37. The number of alkyl carbamates (subject to hydrolysis) is 2. The van der Waals surface area contributed by atoms with Gasteiger partial charge < -0.3 is 24.5 Å². The molecule has 9 nitrogen and oxygen atoms in total. The van der Waals surface area contributed by atoms with Gasteiger partial charge in [0.25, 0.3) is 0 Å². The standard InChI is InChI=1S/C21H28N4O5/c1-21(2,3)30-20(27)24-16-11-15(18-25-23-13-28-18)9-10-17(16)29-19(26)22-12-14-7-5-4-6-8-14/h4-8,13,15-17H,9-12H2,1-3H3,(H,22,26)(H,24,27). The fourth-order valence-electron chi connectivity index (χ4n) is 3.43. The van der Waals surface area contributed by atoms with Crippen LogP contribution in [0.3, 0.4) is 0 Å². The average Bonchev–Trinajstić information content (AvgIpc) is 3.22. The molecule has 1 aromatic carbocycles. The van der Waals surface area contributed by atoms with Gasteiger partial charge >= 0.3 is 12.2 Å². The number of benzene rings is 1. The number of hydrogen-bond acceptors (Lipinski definition) is 7. The molecule has 0 bridgehead atoms. The SMILES string of the molecule is CC(C)(C)OC(=O)NC1CC(c2nnco2)CCC1OC(=O)NCc1ccccc1. The van der Waals surface area contributed by atoms with Gasteiger partial charge in [-0.3, -0.25) is 0 Å². The first-order valence-electron chi connectivity index (χ1n) is 10.0.